The zero-order chi connectivity index (χ0) is 19.3. The highest BCUT2D eigenvalue weighted by molar-refractivity contribution is 5.63. The summed E-state index contributed by atoms with van der Waals surface area (Å²) in [7, 11) is 0. The van der Waals surface area contributed by atoms with Crippen molar-refractivity contribution < 1.29 is 4.74 Å². The predicted octanol–water partition coefficient (Wildman–Crippen LogP) is 4.78. The summed E-state index contributed by atoms with van der Waals surface area (Å²) in [6.07, 6.45) is 1.54. The molecule has 0 fully saturated rings. The lowest BCUT2D eigenvalue weighted by molar-refractivity contribution is 0.340. The van der Waals surface area contributed by atoms with E-state index < -0.39 is 0 Å². The van der Waals surface area contributed by atoms with Gasteiger partial charge in [-0.3, -0.25) is 0 Å². The molecule has 0 atom stereocenters. The average Bonchev–Trinajstić information content (AvgIpc) is 3.12. The molecule has 4 aromatic rings. The van der Waals surface area contributed by atoms with E-state index in [0.29, 0.717) is 18.2 Å². The molecule has 0 unspecified atom stereocenters. The van der Waals surface area contributed by atoms with Gasteiger partial charge in [0.25, 0.3) is 0 Å². The molecule has 2 aromatic carbocycles. The van der Waals surface area contributed by atoms with Crippen LogP contribution in [0.3, 0.4) is 0 Å². The third-order valence-electron chi connectivity index (χ3n) is 4.21. The summed E-state index contributed by atoms with van der Waals surface area (Å²) in [4.78, 5) is 8.75. The fourth-order valence-corrected chi connectivity index (χ4v) is 2.97. The molecule has 0 radical (unpaired) electrons. The number of hydrogen-bond donors (Lipinski definition) is 1. The Morgan fingerprint density at radius 3 is 2.50 bits per heavy atom. The Morgan fingerprint density at radius 2 is 1.75 bits per heavy atom. The summed E-state index contributed by atoms with van der Waals surface area (Å²) in [6.45, 7) is 4.59. The molecule has 4 rings (SSSR count). The van der Waals surface area contributed by atoms with Gasteiger partial charge in [0.15, 0.2) is 5.82 Å². The van der Waals surface area contributed by atoms with Crippen LogP contribution in [0.1, 0.15) is 12.6 Å². The number of hydrogen-bond acceptors (Lipinski definition) is 5. The minimum absolute atomic E-state index is 0.648. The molecule has 2 aromatic heterocycles. The lowest BCUT2D eigenvalue weighted by Crippen LogP contribution is -2.04. The Morgan fingerprint density at radius 1 is 0.964 bits per heavy atom. The number of ether oxygens (including phenoxy) is 1. The van der Waals surface area contributed by atoms with Crippen LogP contribution >= 0.6 is 0 Å². The van der Waals surface area contributed by atoms with Gasteiger partial charge in [-0.15, -0.1) is 0 Å². The van der Waals surface area contributed by atoms with Gasteiger partial charge in [-0.1, -0.05) is 30.3 Å². The first kappa shape index (κ1) is 17.7. The summed E-state index contributed by atoms with van der Waals surface area (Å²) in [6, 6.07) is 21.9. The van der Waals surface area contributed by atoms with E-state index >= 15 is 0 Å². The van der Waals surface area contributed by atoms with E-state index in [1.54, 1.807) is 0 Å². The molecule has 1 N–H and O–H groups in total. The smallest absolute Gasteiger partial charge is 0.159 e. The number of aromatic nitrogens is 4. The maximum atomic E-state index is 5.48. The Bertz CT molecular complexity index is 1060. The summed E-state index contributed by atoms with van der Waals surface area (Å²) in [5.74, 6) is 2.24. The van der Waals surface area contributed by atoms with E-state index in [9.17, 15) is 0 Å². The van der Waals surface area contributed by atoms with Gasteiger partial charge >= 0.3 is 0 Å². The minimum atomic E-state index is 0.648. The molecule has 2 heterocycles. The second kappa shape index (κ2) is 7.92. The molecule has 0 aliphatic carbocycles. The molecule has 6 heteroatoms. The maximum Gasteiger partial charge on any atom is 0.159 e. The summed E-state index contributed by atoms with van der Waals surface area (Å²) < 4.78 is 7.32. The van der Waals surface area contributed by atoms with Crippen molar-refractivity contribution in [1.29, 1.82) is 0 Å². The van der Waals surface area contributed by atoms with Crippen molar-refractivity contribution in [3.05, 3.63) is 78.8 Å². The van der Waals surface area contributed by atoms with Crippen molar-refractivity contribution in [3.8, 4) is 22.8 Å². The Hall–Kier alpha value is -3.67. The molecule has 0 amide bonds. The van der Waals surface area contributed by atoms with Crippen molar-refractivity contribution >= 4 is 11.5 Å². The molecular formula is C22H21N5O. The van der Waals surface area contributed by atoms with Gasteiger partial charge in [0.2, 0.25) is 0 Å². The Balaban J connectivity index is 1.63. The van der Waals surface area contributed by atoms with Gasteiger partial charge in [0, 0.05) is 17.3 Å². The molecule has 6 nitrogen and oxygen atoms in total. The van der Waals surface area contributed by atoms with E-state index in [1.807, 2.05) is 67.1 Å². The van der Waals surface area contributed by atoms with Gasteiger partial charge in [-0.05, 0) is 44.2 Å². The zero-order valence-electron chi connectivity index (χ0n) is 15.8. The van der Waals surface area contributed by atoms with Crippen LogP contribution in [-0.2, 0) is 0 Å². The van der Waals surface area contributed by atoms with Gasteiger partial charge < -0.3 is 10.1 Å². The fourth-order valence-electron chi connectivity index (χ4n) is 2.97. The van der Waals surface area contributed by atoms with Gasteiger partial charge in [0.1, 0.15) is 17.9 Å². The maximum absolute atomic E-state index is 5.48. The highest BCUT2D eigenvalue weighted by atomic mass is 16.5. The lowest BCUT2D eigenvalue weighted by atomic mass is 10.1. The van der Waals surface area contributed by atoms with Crippen LogP contribution in [0.4, 0.5) is 11.5 Å². The zero-order valence-corrected chi connectivity index (χ0v) is 15.8. The molecule has 140 valence electrons. The van der Waals surface area contributed by atoms with E-state index in [-0.39, 0.29) is 0 Å². The second-order valence-electron chi connectivity index (χ2n) is 6.29. The highest BCUT2D eigenvalue weighted by Crippen LogP contribution is 2.24. The molecule has 0 saturated heterocycles. The molecule has 0 bridgehead atoms. The van der Waals surface area contributed by atoms with E-state index in [1.165, 1.54) is 6.33 Å². The first-order chi connectivity index (χ1) is 13.7. The number of rotatable bonds is 6. The predicted molar refractivity (Wildman–Crippen MR) is 110 cm³/mol. The Labute approximate surface area is 163 Å². The largest absolute Gasteiger partial charge is 0.494 e. The fraction of sp³-hybridized carbons (Fsp3) is 0.136. The molecule has 0 aliphatic rings. The first-order valence-electron chi connectivity index (χ1n) is 9.17. The molecule has 0 aliphatic heterocycles. The van der Waals surface area contributed by atoms with Crippen LogP contribution in [-0.4, -0.2) is 26.4 Å². The van der Waals surface area contributed by atoms with Crippen molar-refractivity contribution in [2.45, 2.75) is 13.8 Å². The van der Waals surface area contributed by atoms with Crippen molar-refractivity contribution in [3.63, 3.8) is 0 Å². The summed E-state index contributed by atoms with van der Waals surface area (Å²) >= 11 is 0. The van der Waals surface area contributed by atoms with E-state index in [0.717, 1.165) is 28.4 Å². The van der Waals surface area contributed by atoms with Crippen LogP contribution in [0.15, 0.2) is 73.1 Å². The minimum Gasteiger partial charge on any atom is -0.494 e. The standard InChI is InChI=1S/C22H21N5O/c1-3-28-19-11-9-18(10-12-19)25-21-14-22(24-15-23-21)27-20(13-16(2)26-27)17-7-5-4-6-8-17/h4-15H,3H2,1-2H3,(H,23,24,25). The Kier molecular flexibility index (Phi) is 5.01. The third kappa shape index (κ3) is 3.86. The second-order valence-corrected chi connectivity index (χ2v) is 6.29. The van der Waals surface area contributed by atoms with Crippen LogP contribution in [0.5, 0.6) is 5.75 Å². The van der Waals surface area contributed by atoms with E-state index in [4.69, 9.17) is 4.74 Å². The summed E-state index contributed by atoms with van der Waals surface area (Å²) in [5.41, 5.74) is 3.93. The molecular weight excluding hydrogens is 350 g/mol. The van der Waals surface area contributed by atoms with Crippen LogP contribution in [0, 0.1) is 6.92 Å². The quantitative estimate of drug-likeness (QED) is 0.528. The van der Waals surface area contributed by atoms with Crippen LogP contribution in [0.25, 0.3) is 17.1 Å². The lowest BCUT2D eigenvalue weighted by Gasteiger charge is -2.10. The van der Waals surface area contributed by atoms with Crippen LogP contribution in [0.2, 0.25) is 0 Å². The third-order valence-corrected chi connectivity index (χ3v) is 4.21. The topological polar surface area (TPSA) is 64.9 Å². The van der Waals surface area contributed by atoms with Crippen LogP contribution < -0.4 is 10.1 Å². The molecule has 0 saturated carbocycles. The van der Waals surface area contributed by atoms with Crippen molar-refractivity contribution in [2.24, 2.45) is 0 Å². The normalized spacial score (nSPS) is 10.6. The SMILES string of the molecule is CCOc1ccc(Nc2cc(-n3nc(C)cc3-c3ccccc3)ncn2)cc1. The van der Waals surface area contributed by atoms with Crippen molar-refractivity contribution in [1.82, 2.24) is 19.7 Å². The number of nitrogens with zero attached hydrogens (tertiary/aromatic N) is 4. The highest BCUT2D eigenvalue weighted by Gasteiger charge is 2.11. The van der Waals surface area contributed by atoms with E-state index in [2.05, 4.69) is 38.6 Å². The van der Waals surface area contributed by atoms with Crippen molar-refractivity contribution in [2.75, 3.05) is 11.9 Å². The number of aryl methyl sites for hydroxylation is 1. The number of nitrogens with one attached hydrogen (secondary N) is 1. The molecule has 28 heavy (non-hydrogen) atoms. The molecule has 0 spiro atoms. The monoisotopic (exact) mass is 371 g/mol. The summed E-state index contributed by atoms with van der Waals surface area (Å²) in [5, 5.41) is 7.92. The number of benzene rings is 2. The van der Waals surface area contributed by atoms with Gasteiger partial charge in [0.05, 0.1) is 18.0 Å². The van der Waals surface area contributed by atoms with Gasteiger partial charge in [-0.25, -0.2) is 14.6 Å². The first-order valence-corrected chi connectivity index (χ1v) is 9.17. The number of anilines is 2. The van der Waals surface area contributed by atoms with Gasteiger partial charge in [-0.2, -0.15) is 5.10 Å². The average molecular weight is 371 g/mol.